The number of nitriles is 1. The Labute approximate surface area is 179 Å². The summed E-state index contributed by atoms with van der Waals surface area (Å²) in [6.45, 7) is 1.05. The number of ether oxygens (including phenoxy) is 2. The summed E-state index contributed by atoms with van der Waals surface area (Å²) in [5.74, 6) is 0.674. The Morgan fingerprint density at radius 1 is 1.24 bits per heavy atom. The van der Waals surface area contributed by atoms with E-state index in [0.717, 1.165) is 10.0 Å². The van der Waals surface area contributed by atoms with Gasteiger partial charge in [0.2, 0.25) is 10.0 Å². The van der Waals surface area contributed by atoms with Gasteiger partial charge < -0.3 is 14.4 Å². The molecule has 1 saturated heterocycles. The van der Waals surface area contributed by atoms with Crippen molar-refractivity contribution in [3.05, 3.63) is 52.5 Å². The molecule has 9 heteroatoms. The fourth-order valence-electron chi connectivity index (χ4n) is 3.38. The highest BCUT2D eigenvalue weighted by Crippen LogP contribution is 2.34. The zero-order valence-corrected chi connectivity index (χ0v) is 18.6. The van der Waals surface area contributed by atoms with Crippen LogP contribution in [-0.2, 0) is 16.6 Å². The van der Waals surface area contributed by atoms with Gasteiger partial charge in [-0.3, -0.25) is 0 Å². The molecule has 0 aromatic heterocycles. The van der Waals surface area contributed by atoms with Crippen LogP contribution >= 0.6 is 15.9 Å². The number of sulfonamides is 1. The molecule has 0 unspecified atom stereocenters. The number of methoxy groups -OCH3 is 2. The van der Waals surface area contributed by atoms with Crippen molar-refractivity contribution in [1.29, 1.82) is 5.26 Å². The first-order chi connectivity index (χ1) is 13.9. The Morgan fingerprint density at radius 2 is 2.00 bits per heavy atom. The Hall–Kier alpha value is -2.28. The van der Waals surface area contributed by atoms with Gasteiger partial charge in [0.25, 0.3) is 0 Å². The Balaban J connectivity index is 2.08. The van der Waals surface area contributed by atoms with Gasteiger partial charge in [0.1, 0.15) is 16.4 Å². The number of rotatable bonds is 7. The lowest BCUT2D eigenvalue weighted by atomic mass is 10.2. The van der Waals surface area contributed by atoms with Gasteiger partial charge in [-0.05, 0) is 30.2 Å². The van der Waals surface area contributed by atoms with Crippen LogP contribution in [0.1, 0.15) is 12.0 Å². The lowest BCUT2D eigenvalue weighted by Crippen LogP contribution is -2.41. The minimum atomic E-state index is -3.94. The summed E-state index contributed by atoms with van der Waals surface area (Å²) >= 11 is 3.50. The molecule has 29 heavy (non-hydrogen) atoms. The lowest BCUT2D eigenvalue weighted by Gasteiger charge is -2.29. The average Bonchev–Trinajstić information content (AvgIpc) is 3.21. The highest BCUT2D eigenvalue weighted by Gasteiger charge is 2.37. The first-order valence-corrected chi connectivity index (χ1v) is 11.3. The molecule has 0 N–H and O–H groups in total. The van der Waals surface area contributed by atoms with Gasteiger partial charge in [-0.2, -0.15) is 9.57 Å². The van der Waals surface area contributed by atoms with Gasteiger partial charge in [-0.1, -0.05) is 34.1 Å². The molecule has 3 rings (SSSR count). The Kier molecular flexibility index (Phi) is 6.67. The highest BCUT2D eigenvalue weighted by atomic mass is 79.9. The number of hydrogen-bond donors (Lipinski definition) is 0. The van der Waals surface area contributed by atoms with Crippen molar-refractivity contribution in [2.24, 2.45) is 0 Å². The van der Waals surface area contributed by atoms with E-state index in [1.54, 1.807) is 17.0 Å². The van der Waals surface area contributed by atoms with Gasteiger partial charge in [-0.25, -0.2) is 8.42 Å². The number of halogens is 1. The van der Waals surface area contributed by atoms with E-state index in [0.29, 0.717) is 25.3 Å². The van der Waals surface area contributed by atoms with Gasteiger partial charge in [0.05, 0.1) is 14.2 Å². The number of hydrogen-bond acceptors (Lipinski definition) is 6. The number of nitrogens with zero attached hydrogens (tertiary/aromatic N) is 3. The summed E-state index contributed by atoms with van der Waals surface area (Å²) in [6.07, 6.45) is 2.69. The minimum Gasteiger partial charge on any atom is -0.497 e. The molecule has 2 aromatic carbocycles. The maximum atomic E-state index is 13.8. The Morgan fingerprint density at radius 3 is 2.62 bits per heavy atom. The molecular formula is C20H22BrN3O4S. The average molecular weight is 480 g/mol. The standard InChI is InChI=1S/C20H22BrN3O4S/c1-27-17-7-8-19(28-2)20(11-17)29(25,26)24(16-9-10-23(13-16)14-22)12-15-5-3-4-6-18(15)21/h3-8,11,16H,9-10,12-13H2,1-2H3/t16-/m1/s1. The summed E-state index contributed by atoms with van der Waals surface area (Å²) in [7, 11) is -1.01. The second kappa shape index (κ2) is 9.03. The van der Waals surface area contributed by atoms with Crippen LogP contribution in [0.15, 0.2) is 51.8 Å². The summed E-state index contributed by atoms with van der Waals surface area (Å²) in [4.78, 5) is 1.62. The van der Waals surface area contributed by atoms with Crippen LogP contribution in [-0.4, -0.2) is 51.0 Å². The highest BCUT2D eigenvalue weighted by molar-refractivity contribution is 9.10. The topological polar surface area (TPSA) is 82.9 Å². The van der Waals surface area contributed by atoms with E-state index in [-0.39, 0.29) is 23.2 Å². The van der Waals surface area contributed by atoms with Crippen LogP contribution in [0.2, 0.25) is 0 Å². The van der Waals surface area contributed by atoms with Crippen molar-refractivity contribution in [2.75, 3.05) is 27.3 Å². The number of benzene rings is 2. The first-order valence-electron chi connectivity index (χ1n) is 9.02. The molecule has 0 radical (unpaired) electrons. The maximum Gasteiger partial charge on any atom is 0.247 e. The maximum absolute atomic E-state index is 13.8. The fourth-order valence-corrected chi connectivity index (χ4v) is 5.59. The first kappa shape index (κ1) is 21.4. The summed E-state index contributed by atoms with van der Waals surface area (Å²) < 4.78 is 40.3. The minimum absolute atomic E-state index is 0.0433. The molecule has 0 saturated carbocycles. The smallest absolute Gasteiger partial charge is 0.247 e. The summed E-state index contributed by atoms with van der Waals surface area (Å²) in [5, 5.41) is 9.23. The van der Waals surface area contributed by atoms with Gasteiger partial charge in [0, 0.05) is 36.2 Å². The van der Waals surface area contributed by atoms with Crippen LogP contribution in [0.3, 0.4) is 0 Å². The summed E-state index contributed by atoms with van der Waals surface area (Å²) in [6, 6.07) is 11.9. The zero-order chi connectivity index (χ0) is 21.0. The third-order valence-corrected chi connectivity index (χ3v) is 7.65. The van der Waals surface area contributed by atoms with Gasteiger partial charge in [-0.15, -0.1) is 0 Å². The third kappa shape index (κ3) is 4.50. The quantitative estimate of drug-likeness (QED) is 0.566. The van der Waals surface area contributed by atoms with Crippen molar-refractivity contribution >= 4 is 26.0 Å². The molecule has 7 nitrogen and oxygen atoms in total. The van der Waals surface area contributed by atoms with Crippen molar-refractivity contribution in [1.82, 2.24) is 9.21 Å². The zero-order valence-electron chi connectivity index (χ0n) is 16.2. The number of likely N-dealkylation sites (tertiary alicyclic amines) is 1. The molecular weight excluding hydrogens is 458 g/mol. The predicted octanol–water partition coefficient (Wildman–Crippen LogP) is 3.21. The SMILES string of the molecule is COc1ccc(OC)c(S(=O)(=O)N(Cc2ccccc2Br)[C@@H]2CCN(C#N)C2)c1. The van der Waals surface area contributed by atoms with E-state index in [1.165, 1.54) is 24.6 Å². The van der Waals surface area contributed by atoms with Crippen LogP contribution in [0.5, 0.6) is 11.5 Å². The van der Waals surface area contributed by atoms with E-state index in [1.807, 2.05) is 24.3 Å². The predicted molar refractivity (Wildman–Crippen MR) is 112 cm³/mol. The normalized spacial score (nSPS) is 16.7. The van der Waals surface area contributed by atoms with Crippen LogP contribution in [0.4, 0.5) is 0 Å². The lowest BCUT2D eigenvalue weighted by molar-refractivity contribution is 0.311. The fraction of sp³-hybridized carbons (Fsp3) is 0.350. The van der Waals surface area contributed by atoms with Gasteiger partial charge in [0.15, 0.2) is 6.19 Å². The second-order valence-corrected chi connectivity index (χ2v) is 9.36. The molecule has 0 bridgehead atoms. The van der Waals surface area contributed by atoms with Gasteiger partial charge >= 0.3 is 0 Å². The molecule has 2 aromatic rings. The van der Waals surface area contributed by atoms with Crippen molar-refractivity contribution in [2.45, 2.75) is 23.9 Å². The monoisotopic (exact) mass is 479 g/mol. The molecule has 1 heterocycles. The molecule has 1 fully saturated rings. The molecule has 154 valence electrons. The molecule has 0 amide bonds. The van der Waals surface area contributed by atoms with Crippen molar-refractivity contribution in [3.63, 3.8) is 0 Å². The van der Waals surface area contributed by atoms with Crippen LogP contribution in [0, 0.1) is 11.5 Å². The van der Waals surface area contributed by atoms with Crippen LogP contribution in [0.25, 0.3) is 0 Å². The van der Waals surface area contributed by atoms with E-state index < -0.39 is 10.0 Å². The Bertz CT molecular complexity index is 1020. The van der Waals surface area contributed by atoms with Crippen molar-refractivity contribution in [3.8, 4) is 17.7 Å². The largest absolute Gasteiger partial charge is 0.497 e. The van der Waals surface area contributed by atoms with E-state index in [9.17, 15) is 13.7 Å². The molecule has 0 aliphatic carbocycles. The van der Waals surface area contributed by atoms with Crippen LogP contribution < -0.4 is 9.47 Å². The van der Waals surface area contributed by atoms with E-state index in [4.69, 9.17) is 9.47 Å². The van der Waals surface area contributed by atoms with E-state index in [2.05, 4.69) is 22.1 Å². The van der Waals surface area contributed by atoms with E-state index >= 15 is 0 Å². The molecule has 0 spiro atoms. The van der Waals surface area contributed by atoms with Crippen molar-refractivity contribution < 1.29 is 17.9 Å². The summed E-state index contributed by atoms with van der Waals surface area (Å²) in [5.41, 5.74) is 0.841. The molecule has 1 aliphatic rings. The third-order valence-electron chi connectivity index (χ3n) is 4.95. The second-order valence-electron chi connectivity index (χ2n) is 6.65. The molecule has 1 atom stereocenters. The molecule has 1 aliphatic heterocycles.